The molecule has 3 aromatic rings. The topological polar surface area (TPSA) is 63.3 Å². The van der Waals surface area contributed by atoms with E-state index in [0.29, 0.717) is 18.6 Å². The summed E-state index contributed by atoms with van der Waals surface area (Å²) in [6, 6.07) is 14.5. The average molecular weight is 419 g/mol. The van der Waals surface area contributed by atoms with Gasteiger partial charge in [-0.3, -0.25) is 4.79 Å². The van der Waals surface area contributed by atoms with Crippen molar-refractivity contribution in [2.75, 3.05) is 20.8 Å². The lowest BCUT2D eigenvalue weighted by Crippen LogP contribution is -2.55. The highest BCUT2D eigenvalue weighted by molar-refractivity contribution is 5.88. The van der Waals surface area contributed by atoms with Crippen molar-refractivity contribution in [2.24, 2.45) is 5.41 Å². The van der Waals surface area contributed by atoms with Gasteiger partial charge in [-0.2, -0.15) is 0 Å². The second kappa shape index (κ2) is 7.13. The van der Waals surface area contributed by atoms with Crippen LogP contribution in [-0.2, 0) is 10.3 Å². The Kier molecular flexibility index (Phi) is 4.63. The second-order valence-electron chi connectivity index (χ2n) is 9.79. The fraction of sp³-hybridized carbons (Fsp3) is 0.423. The van der Waals surface area contributed by atoms with Gasteiger partial charge in [-0.1, -0.05) is 44.2 Å². The van der Waals surface area contributed by atoms with Crippen molar-refractivity contribution < 1.29 is 14.3 Å². The number of aromatic amines is 1. The molecule has 1 spiro atoms. The van der Waals surface area contributed by atoms with Crippen molar-refractivity contribution in [2.45, 2.75) is 44.6 Å². The van der Waals surface area contributed by atoms with Gasteiger partial charge in [-0.25, -0.2) is 0 Å². The van der Waals surface area contributed by atoms with E-state index in [1.807, 2.05) is 12.1 Å². The molecule has 0 radical (unpaired) electrons. The van der Waals surface area contributed by atoms with Crippen LogP contribution >= 0.6 is 0 Å². The maximum atomic E-state index is 12.8. The van der Waals surface area contributed by atoms with Gasteiger partial charge in [-0.05, 0) is 29.5 Å². The van der Waals surface area contributed by atoms with Crippen LogP contribution in [0.5, 0.6) is 11.5 Å². The lowest BCUT2D eigenvalue weighted by molar-refractivity contribution is -0.126. The summed E-state index contributed by atoms with van der Waals surface area (Å²) in [6.07, 6.45) is 2.09. The Balaban J connectivity index is 1.74. The number of fused-ring (bicyclic) bond motifs is 4. The molecular weight excluding hydrogens is 388 g/mol. The van der Waals surface area contributed by atoms with E-state index < -0.39 is 0 Å². The maximum absolute atomic E-state index is 12.8. The van der Waals surface area contributed by atoms with Gasteiger partial charge < -0.3 is 19.8 Å². The number of carbonyl (C=O) groups is 1. The molecule has 5 nitrogen and oxygen atoms in total. The van der Waals surface area contributed by atoms with E-state index in [9.17, 15) is 4.79 Å². The summed E-state index contributed by atoms with van der Waals surface area (Å²) < 4.78 is 11.4. The zero-order valence-corrected chi connectivity index (χ0v) is 18.7. The fourth-order valence-corrected chi connectivity index (χ4v) is 6.02. The normalized spacial score (nSPS) is 24.9. The predicted octanol–water partition coefficient (Wildman–Crippen LogP) is 4.89. The lowest BCUT2D eigenvalue weighted by Gasteiger charge is -2.48. The standard InChI is InChI=1S/C26H30N2O3/c1-25(2)12-16(29)13-26(15-25)24-22(18-8-5-6-10-20(18)28-24)19(14-27-26)17-9-7-11-21(30-3)23(17)31-4/h5-11,19,27-28H,12-15H2,1-4H3/t19-,26+/m1/s1. The quantitative estimate of drug-likeness (QED) is 0.635. The van der Waals surface area contributed by atoms with Gasteiger partial charge in [0.05, 0.1) is 19.8 Å². The molecule has 1 saturated carbocycles. The zero-order chi connectivity index (χ0) is 21.8. The van der Waals surface area contributed by atoms with Crippen molar-refractivity contribution in [3.8, 4) is 11.5 Å². The minimum absolute atomic E-state index is 0.0443. The Bertz CT molecular complexity index is 1160. The van der Waals surface area contributed by atoms with Crippen LogP contribution in [0, 0.1) is 5.41 Å². The van der Waals surface area contributed by atoms with Crippen LogP contribution in [0.25, 0.3) is 10.9 Å². The Hall–Kier alpha value is -2.79. The first-order valence-electron chi connectivity index (χ1n) is 11.0. The Morgan fingerprint density at radius 3 is 2.55 bits per heavy atom. The lowest BCUT2D eigenvalue weighted by atomic mass is 9.63. The molecule has 2 atom stereocenters. The van der Waals surface area contributed by atoms with Crippen LogP contribution in [-0.4, -0.2) is 31.5 Å². The summed E-state index contributed by atoms with van der Waals surface area (Å²) in [5.41, 5.74) is 4.21. The second-order valence-corrected chi connectivity index (χ2v) is 9.79. The van der Waals surface area contributed by atoms with E-state index in [2.05, 4.69) is 54.5 Å². The third-order valence-corrected chi connectivity index (χ3v) is 6.98. The highest BCUT2D eigenvalue weighted by Crippen LogP contribution is 2.52. The van der Waals surface area contributed by atoms with Crippen molar-refractivity contribution in [3.05, 3.63) is 59.3 Å². The molecule has 0 amide bonds. The molecule has 31 heavy (non-hydrogen) atoms. The molecule has 0 unspecified atom stereocenters. The number of benzene rings is 2. The maximum Gasteiger partial charge on any atom is 0.164 e. The third kappa shape index (κ3) is 3.14. The Labute approximate surface area is 183 Å². The summed E-state index contributed by atoms with van der Waals surface area (Å²) in [4.78, 5) is 16.5. The molecule has 162 valence electrons. The highest BCUT2D eigenvalue weighted by Gasteiger charge is 2.50. The van der Waals surface area contributed by atoms with Crippen molar-refractivity contribution >= 4 is 16.7 Å². The smallest absolute Gasteiger partial charge is 0.164 e. The number of para-hydroxylation sites is 2. The van der Waals surface area contributed by atoms with Crippen LogP contribution in [0.3, 0.4) is 0 Å². The SMILES string of the molecule is COc1cccc([C@H]2CN[C@]3(CC(=O)CC(C)(C)C3)c3[nH]c4ccccc4c32)c1OC. The summed E-state index contributed by atoms with van der Waals surface area (Å²) >= 11 is 0. The fourth-order valence-electron chi connectivity index (χ4n) is 6.02. The number of hydrogen-bond donors (Lipinski definition) is 2. The first-order valence-corrected chi connectivity index (χ1v) is 11.0. The number of hydrogen-bond acceptors (Lipinski definition) is 4. The zero-order valence-electron chi connectivity index (χ0n) is 18.7. The number of methoxy groups -OCH3 is 2. The van der Waals surface area contributed by atoms with Crippen LogP contribution in [0.2, 0.25) is 0 Å². The number of rotatable bonds is 3. The summed E-state index contributed by atoms with van der Waals surface area (Å²) in [5, 5.41) is 5.04. The van der Waals surface area contributed by atoms with Gasteiger partial charge >= 0.3 is 0 Å². The van der Waals surface area contributed by atoms with E-state index in [1.165, 1.54) is 10.9 Å². The summed E-state index contributed by atoms with van der Waals surface area (Å²) in [5.74, 6) is 1.91. The number of carbonyl (C=O) groups excluding carboxylic acids is 1. The third-order valence-electron chi connectivity index (χ3n) is 6.98. The molecule has 1 fully saturated rings. The van der Waals surface area contributed by atoms with Crippen molar-refractivity contribution in [1.82, 2.24) is 10.3 Å². The number of aromatic nitrogens is 1. The van der Waals surface area contributed by atoms with E-state index in [0.717, 1.165) is 41.2 Å². The van der Waals surface area contributed by atoms with E-state index in [4.69, 9.17) is 9.47 Å². The molecule has 1 aliphatic carbocycles. The van der Waals surface area contributed by atoms with Gasteiger partial charge in [0.25, 0.3) is 0 Å². The first-order chi connectivity index (χ1) is 14.9. The molecule has 2 aromatic carbocycles. The minimum atomic E-state index is -0.365. The average Bonchev–Trinajstić information content (AvgIpc) is 3.13. The molecule has 0 saturated heterocycles. The van der Waals surface area contributed by atoms with Crippen LogP contribution < -0.4 is 14.8 Å². The first kappa shape index (κ1) is 20.1. The monoisotopic (exact) mass is 418 g/mol. The van der Waals surface area contributed by atoms with Gasteiger partial charge in [0.2, 0.25) is 0 Å². The predicted molar refractivity (Wildman–Crippen MR) is 122 cm³/mol. The summed E-state index contributed by atoms with van der Waals surface area (Å²) in [7, 11) is 3.36. The molecule has 1 aromatic heterocycles. The van der Waals surface area contributed by atoms with Crippen LogP contribution in [0.4, 0.5) is 0 Å². The molecule has 2 N–H and O–H groups in total. The molecule has 5 heteroatoms. The highest BCUT2D eigenvalue weighted by atomic mass is 16.5. The Morgan fingerprint density at radius 1 is 1.00 bits per heavy atom. The largest absolute Gasteiger partial charge is 0.493 e. The molecule has 2 aliphatic rings. The minimum Gasteiger partial charge on any atom is -0.493 e. The Morgan fingerprint density at radius 2 is 1.81 bits per heavy atom. The number of ketones is 1. The summed E-state index contributed by atoms with van der Waals surface area (Å²) in [6.45, 7) is 5.14. The molecule has 0 bridgehead atoms. The van der Waals surface area contributed by atoms with Crippen molar-refractivity contribution in [1.29, 1.82) is 0 Å². The molecule has 1 aliphatic heterocycles. The van der Waals surface area contributed by atoms with Crippen molar-refractivity contribution in [3.63, 3.8) is 0 Å². The molecule has 2 heterocycles. The van der Waals surface area contributed by atoms with Crippen LogP contribution in [0.1, 0.15) is 55.8 Å². The van der Waals surface area contributed by atoms with Gasteiger partial charge in [-0.15, -0.1) is 0 Å². The van der Waals surface area contributed by atoms with E-state index >= 15 is 0 Å². The molecular formula is C26H30N2O3. The number of ether oxygens (including phenoxy) is 2. The number of H-pyrrole nitrogens is 1. The van der Waals surface area contributed by atoms with E-state index in [1.54, 1.807) is 14.2 Å². The van der Waals surface area contributed by atoms with E-state index in [-0.39, 0.29) is 16.9 Å². The van der Waals surface area contributed by atoms with Gasteiger partial charge in [0, 0.05) is 47.5 Å². The number of Topliss-reactive ketones (excluding diaryl/α,β-unsaturated/α-hetero) is 1. The van der Waals surface area contributed by atoms with Gasteiger partial charge in [0.1, 0.15) is 5.78 Å². The molecule has 5 rings (SSSR count). The van der Waals surface area contributed by atoms with Gasteiger partial charge in [0.15, 0.2) is 11.5 Å². The number of nitrogens with one attached hydrogen (secondary N) is 2. The van der Waals surface area contributed by atoms with Crippen LogP contribution in [0.15, 0.2) is 42.5 Å².